The standard InChI is InChI=1S/C53H34N2.C48H30N2.C24H22N2O/c1-2-16-44(17-3-1)55-50-21-11-10-20-49(50)54-53(55)38-26-22-37(23-27-38)41-30-31-47-48(34-41)52(43-29-25-36-13-5-7-15-40(36)33-43)46-19-9-8-18-45(46)51(47)42-28-24-35-12-4-6-14-39(35)32-42;1-3-11-33-25-37(19-17-31(33)9-1)47-41-14-6-7-15-42(41)48(38-20-18-32-10-2-4-12-34(32)26-38)44-28-35(21-23-43(44)47)39-22-24-46(49-29-39)40-27-36-13-5-8-16-45(36)50-30-40;1-24(2,3)21-15-13-20(14-16-21)23-26-25-22(27-23)19-11-9-18(10-12-19)17-7-5-4-6-8-17/h1-34H;1-30H;4-16H,1-3H3. The highest BCUT2D eigenvalue weighted by atomic mass is 16.4. The molecule has 0 unspecified atom stereocenters. The second kappa shape index (κ2) is 33.9. The van der Waals surface area contributed by atoms with E-state index in [-0.39, 0.29) is 5.41 Å². The third-order valence-corrected chi connectivity index (χ3v) is 25.9. The average Bonchev–Trinajstić information content (AvgIpc) is 0.850. The summed E-state index contributed by atoms with van der Waals surface area (Å²) in [4.78, 5) is 14.7. The molecule has 4 aromatic heterocycles. The van der Waals surface area contributed by atoms with E-state index in [1.807, 2.05) is 73.1 Å². The fourth-order valence-electron chi connectivity index (χ4n) is 19.2. The van der Waals surface area contributed by atoms with E-state index in [1.54, 1.807) is 0 Å². The Morgan fingerprint density at radius 3 is 1.02 bits per heavy atom. The lowest BCUT2D eigenvalue weighted by molar-refractivity contribution is 0.582. The monoisotopic (exact) mass is 1690 g/mol. The molecule has 7 heteroatoms. The number of para-hydroxylation sites is 4. The van der Waals surface area contributed by atoms with Gasteiger partial charge < -0.3 is 4.42 Å². The summed E-state index contributed by atoms with van der Waals surface area (Å²) in [6, 6.07) is 163. The third kappa shape index (κ3) is 15.2. The van der Waals surface area contributed by atoms with Gasteiger partial charge in [0, 0.05) is 51.3 Å². The molecule has 25 rings (SSSR count). The van der Waals surface area contributed by atoms with Crippen LogP contribution in [0.3, 0.4) is 0 Å². The summed E-state index contributed by atoms with van der Waals surface area (Å²) in [5.41, 5.74) is 27.2. The van der Waals surface area contributed by atoms with Crippen molar-refractivity contribution >= 4 is 108 Å². The van der Waals surface area contributed by atoms with Gasteiger partial charge in [-0.1, -0.05) is 373 Å². The average molecular weight is 1690 g/mol. The fraction of sp³-hybridized carbons (Fsp3) is 0.0320. The molecular weight excluding hydrogens is 1600 g/mol. The SMILES string of the molecule is CC(C)(C)c1ccc(-c2nnc(-c3ccc(-c4ccccc4)cc3)o2)cc1.c1ccc(-n2c(-c3ccc(-c4ccc5c(-c6ccc7ccccc7c6)c6ccccc6c(-c6ccc7ccccc7c6)c5c4)cc3)nc3ccccc32)cc1.c1ccc2cc(-c3c4ccccc4c(-c4ccc5ccccc5c4)c4cc(-c5ccc(-c6cnc7ccccc7c6)nc5)ccc34)ccc2c1. The number of fused-ring (bicyclic) bond motifs is 10. The lowest BCUT2D eigenvalue weighted by atomic mass is 9.84. The maximum absolute atomic E-state index is 5.90. The fourth-order valence-corrected chi connectivity index (χ4v) is 19.2. The largest absolute Gasteiger partial charge is 0.416 e. The molecule has 25 aromatic rings. The second-order valence-electron chi connectivity index (χ2n) is 35.1. The number of nitrogens with zero attached hydrogens (tertiary/aromatic N) is 6. The topological polar surface area (TPSA) is 82.5 Å². The molecule has 0 aliphatic carbocycles. The number of rotatable bonds is 12. The van der Waals surface area contributed by atoms with E-state index in [2.05, 4.69) is 435 Å². The molecule has 0 radical (unpaired) electrons. The van der Waals surface area contributed by atoms with E-state index in [4.69, 9.17) is 14.4 Å². The van der Waals surface area contributed by atoms with Gasteiger partial charge >= 0.3 is 0 Å². The lowest BCUT2D eigenvalue weighted by Gasteiger charge is -2.19. The zero-order valence-corrected chi connectivity index (χ0v) is 73.0. The molecule has 0 bridgehead atoms. The first-order valence-corrected chi connectivity index (χ1v) is 45.0. The summed E-state index contributed by atoms with van der Waals surface area (Å²) in [6.07, 6.45) is 3.91. The van der Waals surface area contributed by atoms with E-state index >= 15 is 0 Å². The zero-order chi connectivity index (χ0) is 88.2. The van der Waals surface area contributed by atoms with Gasteiger partial charge in [0.2, 0.25) is 11.8 Å². The van der Waals surface area contributed by atoms with Gasteiger partial charge in [0.15, 0.2) is 0 Å². The Hall–Kier alpha value is -17.1. The minimum absolute atomic E-state index is 0.124. The highest BCUT2D eigenvalue weighted by Gasteiger charge is 2.24. The maximum atomic E-state index is 5.90. The zero-order valence-electron chi connectivity index (χ0n) is 73.0. The summed E-state index contributed by atoms with van der Waals surface area (Å²) in [5, 5.41) is 29.4. The van der Waals surface area contributed by atoms with Gasteiger partial charge in [-0.05, 0) is 273 Å². The van der Waals surface area contributed by atoms with E-state index in [0.29, 0.717) is 11.8 Å². The van der Waals surface area contributed by atoms with Crippen molar-refractivity contribution in [3.63, 3.8) is 0 Å². The highest BCUT2D eigenvalue weighted by molar-refractivity contribution is 6.24. The van der Waals surface area contributed by atoms with E-state index < -0.39 is 0 Å². The van der Waals surface area contributed by atoms with Gasteiger partial charge in [-0.3, -0.25) is 14.5 Å². The number of hydrogen-bond acceptors (Lipinski definition) is 6. The van der Waals surface area contributed by atoms with Crippen molar-refractivity contribution in [2.75, 3.05) is 0 Å². The number of pyridine rings is 2. The van der Waals surface area contributed by atoms with Crippen molar-refractivity contribution < 1.29 is 4.42 Å². The van der Waals surface area contributed by atoms with Gasteiger partial charge in [-0.2, -0.15) is 0 Å². The molecule has 0 aliphatic heterocycles. The van der Waals surface area contributed by atoms with Gasteiger partial charge in [0.25, 0.3) is 0 Å². The third-order valence-electron chi connectivity index (χ3n) is 25.9. The van der Waals surface area contributed by atoms with Crippen LogP contribution in [0.2, 0.25) is 0 Å². The first-order valence-electron chi connectivity index (χ1n) is 45.0. The van der Waals surface area contributed by atoms with Gasteiger partial charge in [0.1, 0.15) is 5.82 Å². The number of benzene rings is 21. The van der Waals surface area contributed by atoms with Crippen LogP contribution in [-0.4, -0.2) is 29.7 Å². The van der Waals surface area contributed by atoms with E-state index in [9.17, 15) is 0 Å². The number of hydrogen-bond donors (Lipinski definition) is 0. The van der Waals surface area contributed by atoms with Gasteiger partial charge in [0.05, 0.1) is 22.2 Å². The van der Waals surface area contributed by atoms with Crippen LogP contribution in [0.15, 0.2) is 472 Å². The summed E-state index contributed by atoms with van der Waals surface area (Å²) in [6.45, 7) is 6.60. The quantitative estimate of drug-likeness (QED) is 0.113. The predicted molar refractivity (Wildman–Crippen MR) is 553 cm³/mol. The predicted octanol–water partition coefficient (Wildman–Crippen LogP) is 33.6. The van der Waals surface area contributed by atoms with Crippen LogP contribution in [-0.2, 0) is 5.41 Å². The molecule has 622 valence electrons. The van der Waals surface area contributed by atoms with Crippen molar-refractivity contribution in [1.82, 2.24) is 29.7 Å². The Kier molecular flexibility index (Phi) is 20.4. The lowest BCUT2D eigenvalue weighted by Crippen LogP contribution is -2.10. The van der Waals surface area contributed by atoms with E-state index in [0.717, 1.165) is 83.6 Å². The smallest absolute Gasteiger partial charge is 0.248 e. The molecule has 0 N–H and O–H groups in total. The molecular formula is C125H86N6O. The van der Waals surface area contributed by atoms with Crippen molar-refractivity contribution in [2.45, 2.75) is 26.2 Å². The minimum atomic E-state index is 0.124. The maximum Gasteiger partial charge on any atom is 0.248 e. The van der Waals surface area contributed by atoms with Gasteiger partial charge in [-0.15, -0.1) is 10.2 Å². The van der Waals surface area contributed by atoms with Crippen LogP contribution >= 0.6 is 0 Å². The van der Waals surface area contributed by atoms with Crippen molar-refractivity contribution in [2.24, 2.45) is 0 Å². The van der Waals surface area contributed by atoms with Crippen LogP contribution in [0.1, 0.15) is 26.3 Å². The van der Waals surface area contributed by atoms with Crippen LogP contribution in [0.5, 0.6) is 0 Å². The first-order chi connectivity index (χ1) is 65.0. The molecule has 0 atom stereocenters. The second-order valence-corrected chi connectivity index (χ2v) is 35.1. The summed E-state index contributed by atoms with van der Waals surface area (Å²) in [7, 11) is 0. The van der Waals surface area contributed by atoms with Crippen LogP contribution in [0.25, 0.3) is 237 Å². The normalized spacial score (nSPS) is 11.6. The molecule has 7 nitrogen and oxygen atoms in total. The summed E-state index contributed by atoms with van der Waals surface area (Å²) >= 11 is 0. The number of aromatic nitrogens is 6. The Balaban J connectivity index is 0.000000119. The molecule has 4 heterocycles. The molecule has 0 amide bonds. The van der Waals surface area contributed by atoms with Crippen molar-refractivity contribution in [3.05, 3.63) is 473 Å². The van der Waals surface area contributed by atoms with Crippen LogP contribution in [0, 0.1) is 0 Å². The van der Waals surface area contributed by atoms with Crippen LogP contribution < -0.4 is 0 Å². The Labute approximate surface area is 765 Å². The van der Waals surface area contributed by atoms with Crippen molar-refractivity contribution in [3.8, 4) is 129 Å². The van der Waals surface area contributed by atoms with Gasteiger partial charge in [-0.25, -0.2) is 4.98 Å². The summed E-state index contributed by atoms with van der Waals surface area (Å²) in [5.74, 6) is 2.00. The summed E-state index contributed by atoms with van der Waals surface area (Å²) < 4.78 is 8.16. The van der Waals surface area contributed by atoms with Crippen molar-refractivity contribution in [1.29, 1.82) is 0 Å². The number of imidazole rings is 1. The highest BCUT2D eigenvalue weighted by Crippen LogP contribution is 2.49. The molecule has 0 saturated heterocycles. The molecule has 21 aromatic carbocycles. The first kappa shape index (κ1) is 79.5. The van der Waals surface area contributed by atoms with E-state index in [1.165, 1.54) is 147 Å². The molecule has 0 spiro atoms. The van der Waals surface area contributed by atoms with Crippen LogP contribution in [0.4, 0.5) is 0 Å². The Morgan fingerprint density at radius 2 is 0.553 bits per heavy atom. The molecule has 0 saturated carbocycles. The Bertz CT molecular complexity index is 8710. The molecule has 0 aliphatic rings. The molecule has 0 fully saturated rings. The molecule has 132 heavy (non-hydrogen) atoms. The Morgan fingerprint density at radius 1 is 0.220 bits per heavy atom. The minimum Gasteiger partial charge on any atom is -0.416 e.